The number of benzene rings is 2. The fraction of sp³-hybridized carbons (Fsp3) is 0.273. The van der Waals surface area contributed by atoms with Crippen LogP contribution in [0.1, 0.15) is 29.3 Å². The Hall–Kier alpha value is -2.63. The fourth-order valence-corrected chi connectivity index (χ4v) is 3.02. The summed E-state index contributed by atoms with van der Waals surface area (Å²) in [5, 5.41) is 7.45. The van der Waals surface area contributed by atoms with Crippen LogP contribution in [0.5, 0.6) is 0 Å². The number of aromatic nitrogens is 2. The molecule has 1 amide bonds. The number of rotatable bonds is 7. The van der Waals surface area contributed by atoms with E-state index in [2.05, 4.69) is 16.3 Å². The van der Waals surface area contributed by atoms with Gasteiger partial charge in [-0.15, -0.1) is 12.4 Å². The van der Waals surface area contributed by atoms with E-state index in [1.165, 1.54) is 0 Å². The Morgan fingerprint density at radius 2 is 1.82 bits per heavy atom. The SMILES string of the molecule is Cc1ccc(C(N)C(=O)N(C)CCCc2cc(-c3ccccc3)n[nH]2)cc1.Cl. The Morgan fingerprint density at radius 3 is 2.50 bits per heavy atom. The molecule has 0 aliphatic heterocycles. The second-order valence-electron chi connectivity index (χ2n) is 6.90. The number of amides is 1. The number of halogens is 1. The first-order valence-electron chi connectivity index (χ1n) is 9.21. The van der Waals surface area contributed by atoms with Crippen molar-refractivity contribution in [2.75, 3.05) is 13.6 Å². The number of nitrogens with one attached hydrogen (secondary N) is 1. The maximum atomic E-state index is 12.5. The quantitative estimate of drug-likeness (QED) is 0.633. The van der Waals surface area contributed by atoms with Gasteiger partial charge in [0, 0.05) is 24.8 Å². The van der Waals surface area contributed by atoms with Gasteiger partial charge in [-0.25, -0.2) is 0 Å². The highest BCUT2D eigenvalue weighted by Gasteiger charge is 2.19. The van der Waals surface area contributed by atoms with Gasteiger partial charge in [0.1, 0.15) is 6.04 Å². The lowest BCUT2D eigenvalue weighted by molar-refractivity contribution is -0.131. The van der Waals surface area contributed by atoms with Crippen LogP contribution >= 0.6 is 12.4 Å². The van der Waals surface area contributed by atoms with Crippen LogP contribution in [-0.2, 0) is 11.2 Å². The summed E-state index contributed by atoms with van der Waals surface area (Å²) in [4.78, 5) is 14.2. The molecule has 2 aromatic carbocycles. The van der Waals surface area contributed by atoms with Crippen LogP contribution in [-0.4, -0.2) is 34.6 Å². The molecule has 1 heterocycles. The van der Waals surface area contributed by atoms with Crippen molar-refractivity contribution in [1.29, 1.82) is 0 Å². The van der Waals surface area contributed by atoms with Crippen LogP contribution < -0.4 is 5.73 Å². The van der Waals surface area contributed by atoms with Gasteiger partial charge in [0.25, 0.3) is 0 Å². The molecule has 3 aromatic rings. The normalized spacial score (nSPS) is 11.5. The number of aromatic amines is 1. The fourth-order valence-electron chi connectivity index (χ4n) is 3.02. The number of likely N-dealkylation sites (N-methyl/N-ethyl adjacent to an activating group) is 1. The molecule has 1 unspecified atom stereocenters. The molecule has 0 fully saturated rings. The van der Waals surface area contributed by atoms with E-state index >= 15 is 0 Å². The number of nitrogens with two attached hydrogens (primary N) is 1. The van der Waals surface area contributed by atoms with E-state index in [9.17, 15) is 4.79 Å². The van der Waals surface area contributed by atoms with Crippen molar-refractivity contribution in [3.63, 3.8) is 0 Å². The summed E-state index contributed by atoms with van der Waals surface area (Å²) < 4.78 is 0. The average molecular weight is 399 g/mol. The van der Waals surface area contributed by atoms with Crippen LogP contribution in [0.25, 0.3) is 11.3 Å². The topological polar surface area (TPSA) is 75.0 Å². The number of hydrogen-bond donors (Lipinski definition) is 2. The molecule has 0 aliphatic carbocycles. The van der Waals surface area contributed by atoms with E-state index in [1.54, 1.807) is 11.9 Å². The number of nitrogens with zero attached hydrogens (tertiary/aromatic N) is 2. The van der Waals surface area contributed by atoms with Crippen LogP contribution in [0.2, 0.25) is 0 Å². The first-order chi connectivity index (χ1) is 13.0. The summed E-state index contributed by atoms with van der Waals surface area (Å²) in [5.74, 6) is -0.0616. The number of carbonyl (C=O) groups is 1. The van der Waals surface area contributed by atoms with E-state index in [0.717, 1.165) is 40.9 Å². The van der Waals surface area contributed by atoms with Crippen molar-refractivity contribution in [1.82, 2.24) is 15.1 Å². The minimum absolute atomic E-state index is 0. The lowest BCUT2D eigenvalue weighted by Gasteiger charge is -2.21. The molecule has 0 radical (unpaired) electrons. The van der Waals surface area contributed by atoms with Crippen LogP contribution in [0.3, 0.4) is 0 Å². The monoisotopic (exact) mass is 398 g/mol. The molecule has 3 N–H and O–H groups in total. The smallest absolute Gasteiger partial charge is 0.243 e. The highest BCUT2D eigenvalue weighted by Crippen LogP contribution is 2.18. The second-order valence-corrected chi connectivity index (χ2v) is 6.90. The van der Waals surface area contributed by atoms with Gasteiger partial charge in [0.2, 0.25) is 5.91 Å². The Labute approximate surface area is 172 Å². The third-order valence-electron chi connectivity index (χ3n) is 4.72. The predicted molar refractivity (Wildman–Crippen MR) is 115 cm³/mol. The van der Waals surface area contributed by atoms with E-state index in [4.69, 9.17) is 5.73 Å². The molecule has 28 heavy (non-hydrogen) atoms. The Bertz CT molecular complexity index is 877. The zero-order chi connectivity index (χ0) is 19.2. The average Bonchev–Trinajstić information content (AvgIpc) is 3.17. The third kappa shape index (κ3) is 5.44. The Kier molecular flexibility index (Phi) is 7.79. The molecule has 0 aliphatic rings. The molecule has 6 heteroatoms. The highest BCUT2D eigenvalue weighted by molar-refractivity contribution is 5.85. The lowest BCUT2D eigenvalue weighted by atomic mass is 10.0. The third-order valence-corrected chi connectivity index (χ3v) is 4.72. The molecule has 0 saturated heterocycles. The summed E-state index contributed by atoms with van der Waals surface area (Å²) in [7, 11) is 1.80. The van der Waals surface area contributed by atoms with Gasteiger partial charge in [0.15, 0.2) is 0 Å². The molecule has 1 aromatic heterocycles. The summed E-state index contributed by atoms with van der Waals surface area (Å²) in [6.07, 6.45) is 1.68. The first kappa shape index (κ1) is 21.7. The summed E-state index contributed by atoms with van der Waals surface area (Å²) in [5.41, 5.74) is 11.2. The standard InChI is InChI=1S/C22H26N4O.ClH/c1-16-10-12-18(13-11-16)21(23)22(27)26(2)14-6-9-19-15-20(25-24-19)17-7-4-3-5-8-17;/h3-5,7-8,10-13,15,21H,6,9,14,23H2,1-2H3,(H,24,25);1H. The number of H-pyrrole nitrogens is 1. The maximum Gasteiger partial charge on any atom is 0.243 e. The van der Waals surface area contributed by atoms with Gasteiger partial charge in [-0.3, -0.25) is 9.89 Å². The van der Waals surface area contributed by atoms with Gasteiger partial charge in [-0.2, -0.15) is 5.10 Å². The van der Waals surface area contributed by atoms with Crippen molar-refractivity contribution < 1.29 is 4.79 Å². The van der Waals surface area contributed by atoms with Gasteiger partial charge < -0.3 is 10.6 Å². The van der Waals surface area contributed by atoms with Crippen LogP contribution in [0, 0.1) is 6.92 Å². The van der Waals surface area contributed by atoms with Crippen LogP contribution in [0.4, 0.5) is 0 Å². The molecule has 0 spiro atoms. The predicted octanol–water partition coefficient (Wildman–Crippen LogP) is 3.90. The summed E-state index contributed by atoms with van der Waals surface area (Å²) >= 11 is 0. The maximum absolute atomic E-state index is 12.5. The molecular formula is C22H27ClN4O. The van der Waals surface area contributed by atoms with Crippen molar-refractivity contribution in [3.8, 4) is 11.3 Å². The van der Waals surface area contributed by atoms with E-state index in [-0.39, 0.29) is 18.3 Å². The molecule has 0 saturated carbocycles. The first-order valence-corrected chi connectivity index (χ1v) is 9.21. The van der Waals surface area contributed by atoms with E-state index in [0.29, 0.717) is 6.54 Å². The van der Waals surface area contributed by atoms with Gasteiger partial charge >= 0.3 is 0 Å². The van der Waals surface area contributed by atoms with E-state index < -0.39 is 6.04 Å². The van der Waals surface area contributed by atoms with Crippen molar-refractivity contribution in [3.05, 3.63) is 77.5 Å². The zero-order valence-corrected chi connectivity index (χ0v) is 17.1. The highest BCUT2D eigenvalue weighted by atomic mass is 35.5. The number of carbonyl (C=O) groups excluding carboxylic acids is 1. The number of aryl methyl sites for hydroxylation is 2. The minimum Gasteiger partial charge on any atom is -0.344 e. The zero-order valence-electron chi connectivity index (χ0n) is 16.3. The summed E-state index contributed by atoms with van der Waals surface area (Å²) in [6, 6.07) is 19.3. The second kappa shape index (κ2) is 10.1. The lowest BCUT2D eigenvalue weighted by Crippen LogP contribution is -2.36. The van der Waals surface area contributed by atoms with Gasteiger partial charge in [-0.05, 0) is 31.4 Å². The van der Waals surface area contributed by atoms with Crippen molar-refractivity contribution >= 4 is 18.3 Å². The Balaban J connectivity index is 0.00000280. The minimum atomic E-state index is -0.618. The number of hydrogen-bond acceptors (Lipinski definition) is 3. The van der Waals surface area contributed by atoms with Gasteiger partial charge in [0.05, 0.1) is 5.69 Å². The molecule has 3 rings (SSSR count). The van der Waals surface area contributed by atoms with E-state index in [1.807, 2.05) is 61.5 Å². The molecule has 1 atom stereocenters. The van der Waals surface area contributed by atoms with Gasteiger partial charge in [-0.1, -0.05) is 60.2 Å². The molecule has 148 valence electrons. The Morgan fingerprint density at radius 1 is 1.14 bits per heavy atom. The largest absolute Gasteiger partial charge is 0.344 e. The molecule has 0 bridgehead atoms. The van der Waals surface area contributed by atoms with Crippen molar-refractivity contribution in [2.45, 2.75) is 25.8 Å². The summed E-state index contributed by atoms with van der Waals surface area (Å²) in [6.45, 7) is 2.67. The molecular weight excluding hydrogens is 372 g/mol. The van der Waals surface area contributed by atoms with Crippen molar-refractivity contribution in [2.24, 2.45) is 5.73 Å². The van der Waals surface area contributed by atoms with Crippen LogP contribution in [0.15, 0.2) is 60.7 Å². The molecule has 5 nitrogen and oxygen atoms in total.